The van der Waals surface area contributed by atoms with Crippen LogP contribution in [0.25, 0.3) is 0 Å². The quantitative estimate of drug-likeness (QED) is 0.651. The van der Waals surface area contributed by atoms with Crippen LogP contribution in [0, 0.1) is 17.3 Å². The number of benzene rings is 1. The summed E-state index contributed by atoms with van der Waals surface area (Å²) in [5.74, 6) is 4.97. The first-order valence-electron chi connectivity index (χ1n) is 6.39. The fraction of sp³-hybridized carbons (Fsp3) is 0.438. The first kappa shape index (κ1) is 13.6. The second-order valence-corrected chi connectivity index (χ2v) is 5.46. The van der Waals surface area contributed by atoms with Gasteiger partial charge in [-0.15, -0.1) is 0 Å². The molecular formula is C16H18O3. The van der Waals surface area contributed by atoms with Gasteiger partial charge in [0.2, 0.25) is 5.60 Å². The molecule has 0 radical (unpaired) electrons. The predicted octanol–water partition coefficient (Wildman–Crippen LogP) is 1.94. The molecule has 100 valence electrons. The summed E-state index contributed by atoms with van der Waals surface area (Å²) in [6.45, 7) is 3.77. The summed E-state index contributed by atoms with van der Waals surface area (Å²) in [5.41, 5.74) is -1.15. The third-order valence-corrected chi connectivity index (χ3v) is 3.49. The van der Waals surface area contributed by atoms with Crippen LogP contribution in [0.1, 0.15) is 25.8 Å². The number of ether oxygens (including phenoxy) is 1. The minimum absolute atomic E-state index is 0.204. The molecule has 1 aliphatic rings. The van der Waals surface area contributed by atoms with Crippen LogP contribution in [0.15, 0.2) is 30.3 Å². The van der Waals surface area contributed by atoms with Crippen LogP contribution in [0.4, 0.5) is 0 Å². The van der Waals surface area contributed by atoms with Crippen molar-refractivity contribution in [3.05, 3.63) is 35.9 Å². The highest BCUT2D eigenvalue weighted by atomic mass is 16.6. The zero-order valence-electron chi connectivity index (χ0n) is 11.3. The molecule has 19 heavy (non-hydrogen) atoms. The summed E-state index contributed by atoms with van der Waals surface area (Å²) in [6.07, 6.45) is 1.41. The highest BCUT2D eigenvalue weighted by Gasteiger charge is 2.56. The van der Waals surface area contributed by atoms with E-state index in [4.69, 9.17) is 4.74 Å². The van der Waals surface area contributed by atoms with Gasteiger partial charge < -0.3 is 9.84 Å². The molecule has 0 aromatic heterocycles. The Morgan fingerprint density at radius 3 is 2.58 bits per heavy atom. The Morgan fingerprint density at radius 1 is 1.32 bits per heavy atom. The number of hydrogen-bond donors (Lipinski definition) is 1. The molecule has 1 fully saturated rings. The molecule has 1 saturated heterocycles. The first-order valence-corrected chi connectivity index (χ1v) is 6.39. The molecule has 0 saturated carbocycles. The van der Waals surface area contributed by atoms with Gasteiger partial charge in [-0.25, -0.2) is 4.79 Å². The predicted molar refractivity (Wildman–Crippen MR) is 72.2 cm³/mol. The Morgan fingerprint density at radius 2 is 2.00 bits per heavy atom. The van der Waals surface area contributed by atoms with Gasteiger partial charge in [0.25, 0.3) is 0 Å². The maximum atomic E-state index is 11.6. The second-order valence-electron chi connectivity index (χ2n) is 5.46. The van der Waals surface area contributed by atoms with E-state index in [1.54, 1.807) is 13.8 Å². The van der Waals surface area contributed by atoms with Gasteiger partial charge in [0.15, 0.2) is 0 Å². The molecule has 0 aliphatic carbocycles. The summed E-state index contributed by atoms with van der Waals surface area (Å²) in [6, 6.07) is 9.99. The third-order valence-electron chi connectivity index (χ3n) is 3.49. The molecule has 1 unspecified atom stereocenters. The standard InChI is InChI=1S/C16H18O3/c1-15(2)12-19-14(17)16(15,18)11-7-6-10-13-8-4-3-5-9-13/h3-5,8-9,18H,6,10,12H2,1-2H3. The summed E-state index contributed by atoms with van der Waals surface area (Å²) >= 11 is 0. The van der Waals surface area contributed by atoms with Crippen molar-refractivity contribution >= 4 is 5.97 Å². The lowest BCUT2D eigenvalue weighted by Crippen LogP contribution is -2.45. The van der Waals surface area contributed by atoms with E-state index < -0.39 is 17.0 Å². The van der Waals surface area contributed by atoms with Crippen molar-refractivity contribution in [2.75, 3.05) is 6.61 Å². The van der Waals surface area contributed by atoms with Crippen LogP contribution in [0.3, 0.4) is 0 Å². The maximum Gasteiger partial charge on any atom is 0.351 e. The van der Waals surface area contributed by atoms with Gasteiger partial charge in [0, 0.05) is 6.42 Å². The number of esters is 1. The summed E-state index contributed by atoms with van der Waals surface area (Å²) in [7, 11) is 0. The third kappa shape index (κ3) is 2.64. The van der Waals surface area contributed by atoms with E-state index in [0.29, 0.717) is 6.42 Å². The van der Waals surface area contributed by atoms with Gasteiger partial charge in [-0.3, -0.25) is 0 Å². The topological polar surface area (TPSA) is 46.5 Å². The number of aryl methyl sites for hydroxylation is 1. The molecule has 0 amide bonds. The van der Waals surface area contributed by atoms with Crippen molar-refractivity contribution in [1.82, 2.24) is 0 Å². The molecule has 1 heterocycles. The molecule has 1 aromatic carbocycles. The van der Waals surface area contributed by atoms with Crippen LogP contribution in [-0.2, 0) is 16.0 Å². The Balaban J connectivity index is 2.02. The number of aliphatic hydroxyl groups is 1. The molecule has 1 aromatic rings. The molecule has 1 atom stereocenters. The van der Waals surface area contributed by atoms with Gasteiger partial charge in [-0.05, 0) is 12.0 Å². The highest BCUT2D eigenvalue weighted by Crippen LogP contribution is 2.37. The molecule has 2 rings (SSSR count). The summed E-state index contributed by atoms with van der Waals surface area (Å²) in [5, 5.41) is 10.3. The Bertz CT molecular complexity index is 522. The molecular weight excluding hydrogens is 240 g/mol. The van der Waals surface area contributed by atoms with E-state index in [-0.39, 0.29) is 6.61 Å². The molecule has 0 spiro atoms. The number of hydrogen-bond acceptors (Lipinski definition) is 3. The summed E-state index contributed by atoms with van der Waals surface area (Å²) < 4.78 is 4.91. The van der Waals surface area contributed by atoms with Crippen LogP contribution in [0.5, 0.6) is 0 Å². The van der Waals surface area contributed by atoms with Gasteiger partial charge in [0.05, 0.1) is 5.41 Å². The fourth-order valence-electron chi connectivity index (χ4n) is 1.99. The average Bonchev–Trinajstić information content (AvgIpc) is 2.60. The van der Waals surface area contributed by atoms with Crippen LogP contribution < -0.4 is 0 Å². The molecule has 1 N–H and O–H groups in total. The minimum Gasteiger partial charge on any atom is -0.462 e. The largest absolute Gasteiger partial charge is 0.462 e. The molecule has 0 bridgehead atoms. The Kier molecular flexibility index (Phi) is 3.64. The SMILES string of the molecule is CC1(C)COC(=O)C1(O)C#CCCc1ccccc1. The zero-order valence-corrected chi connectivity index (χ0v) is 11.3. The number of cyclic esters (lactones) is 1. The van der Waals surface area contributed by atoms with Crippen molar-refractivity contribution < 1.29 is 14.6 Å². The smallest absolute Gasteiger partial charge is 0.351 e. The van der Waals surface area contributed by atoms with Crippen LogP contribution in [-0.4, -0.2) is 23.3 Å². The van der Waals surface area contributed by atoms with E-state index in [1.807, 2.05) is 30.3 Å². The monoisotopic (exact) mass is 258 g/mol. The van der Waals surface area contributed by atoms with Gasteiger partial charge in [-0.1, -0.05) is 56.0 Å². The average molecular weight is 258 g/mol. The normalized spacial score (nSPS) is 24.5. The van der Waals surface area contributed by atoms with Crippen molar-refractivity contribution in [1.29, 1.82) is 0 Å². The van der Waals surface area contributed by atoms with E-state index in [9.17, 15) is 9.90 Å². The first-order chi connectivity index (χ1) is 8.96. The van der Waals surface area contributed by atoms with Crippen molar-refractivity contribution in [2.45, 2.75) is 32.3 Å². The van der Waals surface area contributed by atoms with Gasteiger partial charge in [0.1, 0.15) is 6.61 Å². The van der Waals surface area contributed by atoms with Gasteiger partial charge in [-0.2, -0.15) is 0 Å². The lowest BCUT2D eigenvalue weighted by molar-refractivity contribution is -0.150. The second kappa shape index (κ2) is 5.07. The maximum absolute atomic E-state index is 11.6. The molecule has 1 aliphatic heterocycles. The van der Waals surface area contributed by atoms with Crippen molar-refractivity contribution in [3.8, 4) is 11.8 Å². The van der Waals surface area contributed by atoms with E-state index in [1.165, 1.54) is 5.56 Å². The highest BCUT2D eigenvalue weighted by molar-refractivity contribution is 5.86. The van der Waals surface area contributed by atoms with E-state index in [0.717, 1.165) is 6.42 Å². The molecule has 3 nitrogen and oxygen atoms in total. The van der Waals surface area contributed by atoms with Crippen molar-refractivity contribution in [3.63, 3.8) is 0 Å². The zero-order chi connectivity index (χ0) is 13.9. The van der Waals surface area contributed by atoms with E-state index in [2.05, 4.69) is 11.8 Å². The van der Waals surface area contributed by atoms with Crippen LogP contribution in [0.2, 0.25) is 0 Å². The Labute approximate surface area is 113 Å². The van der Waals surface area contributed by atoms with E-state index >= 15 is 0 Å². The number of rotatable bonds is 2. The van der Waals surface area contributed by atoms with Crippen LogP contribution >= 0.6 is 0 Å². The molecule has 3 heteroatoms. The number of carbonyl (C=O) groups excluding carboxylic acids is 1. The fourth-order valence-corrected chi connectivity index (χ4v) is 1.99. The lowest BCUT2D eigenvalue weighted by atomic mass is 9.78. The Hall–Kier alpha value is -1.79. The van der Waals surface area contributed by atoms with Crippen molar-refractivity contribution in [2.24, 2.45) is 5.41 Å². The summed E-state index contributed by atoms with van der Waals surface area (Å²) in [4.78, 5) is 11.6. The minimum atomic E-state index is -1.68. The lowest BCUT2D eigenvalue weighted by Gasteiger charge is -2.25. The van der Waals surface area contributed by atoms with Gasteiger partial charge >= 0.3 is 5.97 Å². The number of carbonyl (C=O) groups is 1.